The summed E-state index contributed by atoms with van der Waals surface area (Å²) in [6.07, 6.45) is 4.13. The molecular formula is C30H35F4NO2WY-2. The van der Waals surface area contributed by atoms with Crippen LogP contribution in [0.1, 0.15) is 75.8 Å². The number of alkyl halides is 4. The number of nitrogens with zero attached hydrogens (tertiary/aromatic N) is 1. The Morgan fingerprint density at radius 3 is 2.31 bits per heavy atom. The van der Waals surface area contributed by atoms with Crippen LogP contribution in [-0.2, 0) is 65.1 Å². The molecule has 211 valence electrons. The molecule has 5 unspecified atom stereocenters. The van der Waals surface area contributed by atoms with E-state index in [1.807, 2.05) is 24.3 Å². The van der Waals surface area contributed by atoms with Crippen molar-refractivity contribution >= 4 is 5.78 Å². The molecule has 1 radical (unpaired) electrons. The fraction of sp³-hybridized carbons (Fsp3) is 0.567. The Balaban J connectivity index is 0.00000210. The van der Waals surface area contributed by atoms with Gasteiger partial charge in [-0.1, -0.05) is 36.8 Å². The van der Waals surface area contributed by atoms with E-state index in [0.717, 1.165) is 27.8 Å². The summed E-state index contributed by atoms with van der Waals surface area (Å²) in [4.78, 5) is 13.7. The molecule has 0 bridgehead atoms. The number of halogens is 4. The average molecular weight is 790 g/mol. The predicted molar refractivity (Wildman–Crippen MR) is 133 cm³/mol. The van der Waals surface area contributed by atoms with Gasteiger partial charge in [0.25, 0.3) is 0 Å². The van der Waals surface area contributed by atoms with Gasteiger partial charge in [-0.3, -0.25) is 4.79 Å². The molecule has 0 heterocycles. The quantitative estimate of drug-likeness (QED) is 0.259. The smallest absolute Gasteiger partial charge is 0.338 e. The molecular weight excluding hydrogens is 755 g/mol. The number of hydrogen-bond donors (Lipinski definition) is 1. The number of carbonyl (C=O) groups excluding carboxylic acids is 1. The SMILES string of the molecule is [CH2-]N([CH2-])Cc1ccc(C2CC3(C)C(CCC3(O)C(F)(F)C(C)(F)F)C3CCC4=CC(=O)CCC4=C23)cc1.[W].[Y]. The molecule has 3 nitrogen and oxygen atoms in total. The Hall–Kier alpha value is -0.198. The van der Waals surface area contributed by atoms with Crippen molar-refractivity contribution < 1.29 is 81.2 Å². The number of aliphatic hydroxyl groups is 1. The van der Waals surface area contributed by atoms with Crippen LogP contribution in [0, 0.1) is 31.3 Å². The summed E-state index contributed by atoms with van der Waals surface area (Å²) >= 11 is 0. The minimum atomic E-state index is -4.56. The largest absolute Gasteiger partial charge is 0.607 e. The maximum absolute atomic E-state index is 15.4. The molecule has 0 amide bonds. The van der Waals surface area contributed by atoms with E-state index >= 15 is 8.78 Å². The second-order valence-electron chi connectivity index (χ2n) is 11.9. The van der Waals surface area contributed by atoms with Gasteiger partial charge < -0.3 is 24.1 Å². The number of hydrogen-bond acceptors (Lipinski definition) is 3. The maximum Gasteiger partial charge on any atom is 0.338 e. The van der Waals surface area contributed by atoms with Crippen LogP contribution < -0.4 is 0 Å². The topological polar surface area (TPSA) is 40.5 Å². The first-order chi connectivity index (χ1) is 17.2. The first-order valence-corrected chi connectivity index (χ1v) is 13.1. The third-order valence-corrected chi connectivity index (χ3v) is 9.75. The summed E-state index contributed by atoms with van der Waals surface area (Å²) in [5, 5.41) is 11.6. The molecule has 0 spiro atoms. The summed E-state index contributed by atoms with van der Waals surface area (Å²) in [7, 11) is 7.55. The monoisotopic (exact) mass is 790 g/mol. The molecule has 4 aliphatic rings. The van der Waals surface area contributed by atoms with Crippen LogP contribution >= 0.6 is 0 Å². The van der Waals surface area contributed by atoms with Crippen molar-refractivity contribution in [3.8, 4) is 0 Å². The summed E-state index contributed by atoms with van der Waals surface area (Å²) in [6.45, 7) is 2.35. The summed E-state index contributed by atoms with van der Waals surface area (Å²) in [6, 6.07) is 7.83. The van der Waals surface area contributed by atoms with Crippen LogP contribution in [-0.4, -0.2) is 33.2 Å². The summed E-state index contributed by atoms with van der Waals surface area (Å²) in [5.74, 6) is -9.57. The maximum atomic E-state index is 15.4. The van der Waals surface area contributed by atoms with Gasteiger partial charge in [-0.15, -0.1) is 0 Å². The summed E-state index contributed by atoms with van der Waals surface area (Å²) < 4.78 is 59.4. The van der Waals surface area contributed by atoms with Crippen molar-refractivity contribution in [1.82, 2.24) is 4.90 Å². The molecule has 5 rings (SSSR count). The average Bonchev–Trinajstić information content (AvgIpc) is 3.09. The van der Waals surface area contributed by atoms with E-state index in [1.165, 1.54) is 0 Å². The van der Waals surface area contributed by atoms with Crippen molar-refractivity contribution in [2.75, 3.05) is 0 Å². The number of fused-ring (bicyclic) bond motifs is 4. The molecule has 0 aromatic heterocycles. The van der Waals surface area contributed by atoms with Gasteiger partial charge in [-0.2, -0.15) is 8.78 Å². The Kier molecular flexibility index (Phi) is 9.80. The van der Waals surface area contributed by atoms with E-state index in [1.54, 1.807) is 17.9 Å². The molecule has 0 saturated heterocycles. The predicted octanol–water partition coefficient (Wildman–Crippen LogP) is 6.99. The minimum absolute atomic E-state index is 0. The third-order valence-electron chi connectivity index (χ3n) is 9.75. The van der Waals surface area contributed by atoms with Crippen molar-refractivity contribution in [2.45, 2.75) is 88.7 Å². The zero-order valence-electron chi connectivity index (χ0n) is 22.5. The number of benzene rings is 1. The normalized spacial score (nSPS) is 32.5. The van der Waals surface area contributed by atoms with E-state index in [-0.39, 0.29) is 103 Å². The minimum Gasteiger partial charge on any atom is -0.607 e. The number of carbonyl (C=O) groups is 1. The molecule has 5 atom stereocenters. The molecule has 1 aromatic carbocycles. The first-order valence-electron chi connectivity index (χ1n) is 13.1. The van der Waals surface area contributed by atoms with E-state index in [9.17, 15) is 18.7 Å². The van der Waals surface area contributed by atoms with Gasteiger partial charge in [-0.25, -0.2) is 8.78 Å². The molecule has 1 aromatic rings. The molecule has 2 saturated carbocycles. The van der Waals surface area contributed by atoms with Crippen LogP contribution in [0.25, 0.3) is 0 Å². The van der Waals surface area contributed by atoms with Crippen LogP contribution in [0.3, 0.4) is 0 Å². The van der Waals surface area contributed by atoms with Gasteiger partial charge in [0.05, 0.1) is 0 Å². The summed E-state index contributed by atoms with van der Waals surface area (Å²) in [5.41, 5.74) is 0.995. The third kappa shape index (κ3) is 5.28. The van der Waals surface area contributed by atoms with Gasteiger partial charge in [-0.05, 0) is 85.3 Å². The molecule has 9 heteroatoms. The second kappa shape index (κ2) is 11.5. The fourth-order valence-corrected chi connectivity index (χ4v) is 7.96. The van der Waals surface area contributed by atoms with Crippen LogP contribution in [0.2, 0.25) is 0 Å². The molecule has 1 N–H and O–H groups in total. The van der Waals surface area contributed by atoms with Crippen molar-refractivity contribution in [2.24, 2.45) is 17.3 Å². The van der Waals surface area contributed by atoms with Crippen molar-refractivity contribution in [3.63, 3.8) is 0 Å². The molecule has 0 aliphatic heterocycles. The molecule has 4 aliphatic carbocycles. The Morgan fingerprint density at radius 1 is 1.08 bits per heavy atom. The number of rotatable bonds is 5. The van der Waals surface area contributed by atoms with Gasteiger partial charge in [0.15, 0.2) is 5.78 Å². The Morgan fingerprint density at radius 2 is 1.72 bits per heavy atom. The first kappa shape index (κ1) is 33.3. The Bertz CT molecular complexity index is 1160. The van der Waals surface area contributed by atoms with Crippen LogP contribution in [0.4, 0.5) is 17.6 Å². The Labute approximate surface area is 268 Å². The van der Waals surface area contributed by atoms with Crippen molar-refractivity contribution in [3.05, 3.63) is 72.3 Å². The van der Waals surface area contributed by atoms with Gasteiger partial charge in [0, 0.05) is 78.5 Å². The van der Waals surface area contributed by atoms with Gasteiger partial charge in [0.2, 0.25) is 0 Å². The van der Waals surface area contributed by atoms with Crippen LogP contribution in [0.5, 0.6) is 0 Å². The number of allylic oxidation sites excluding steroid dienone is 4. The zero-order chi connectivity index (χ0) is 27.0. The van der Waals surface area contributed by atoms with E-state index in [0.29, 0.717) is 32.2 Å². The second-order valence-corrected chi connectivity index (χ2v) is 11.9. The molecule has 2 fully saturated rings. The standard InChI is InChI=1S/C30H35F4NO2.W.Y/c1-27-16-24(19-7-5-18(6-8-19)17-35(3)4)26-22-12-10-21(36)15-20(22)9-11-23(26)25(27)13-14-29(27,37)30(33,34)28(2,31)32;;/h5-8,15,23-25,37H,3-4,9-14,16-17H2,1-2H3;;/q-2;;. The van der Waals surface area contributed by atoms with E-state index < -0.39 is 22.9 Å². The number of ketones is 1. The fourth-order valence-electron chi connectivity index (χ4n) is 7.96. The van der Waals surface area contributed by atoms with Gasteiger partial charge in [0.1, 0.15) is 5.60 Å². The van der Waals surface area contributed by atoms with Crippen molar-refractivity contribution in [1.29, 1.82) is 0 Å². The van der Waals surface area contributed by atoms with E-state index in [2.05, 4.69) is 14.1 Å². The molecule has 39 heavy (non-hydrogen) atoms. The van der Waals surface area contributed by atoms with Gasteiger partial charge >= 0.3 is 11.8 Å². The van der Waals surface area contributed by atoms with E-state index in [4.69, 9.17) is 0 Å². The zero-order valence-corrected chi connectivity index (χ0v) is 28.3. The van der Waals surface area contributed by atoms with Crippen LogP contribution in [0.15, 0.2) is 47.1 Å².